The van der Waals surface area contributed by atoms with E-state index in [4.69, 9.17) is 4.98 Å². The molecule has 1 atom stereocenters. The van der Waals surface area contributed by atoms with Crippen molar-refractivity contribution in [2.45, 2.75) is 45.7 Å². The standard InChI is InChI=1S/C20H23N3OS/c1-12(2)18(13-7-4-3-5-8-13)21-11-16-22-19(24)17-14-9-6-10-15(14)25-20(17)23-16/h3-5,7-8,12,18,21H,6,9-11H2,1-2H3,(H,22,23,24)/p+1/t18-/m0/s1. The summed E-state index contributed by atoms with van der Waals surface area (Å²) in [5.41, 5.74) is 2.60. The summed E-state index contributed by atoms with van der Waals surface area (Å²) < 4.78 is 0. The molecule has 0 spiro atoms. The van der Waals surface area contributed by atoms with Gasteiger partial charge in [-0.25, -0.2) is 4.98 Å². The average molecular weight is 354 g/mol. The molecule has 0 aliphatic heterocycles. The largest absolute Gasteiger partial charge is 0.334 e. The van der Waals surface area contributed by atoms with Crippen molar-refractivity contribution in [1.82, 2.24) is 9.97 Å². The van der Waals surface area contributed by atoms with Crippen molar-refractivity contribution in [2.75, 3.05) is 0 Å². The number of H-pyrrole nitrogens is 1. The van der Waals surface area contributed by atoms with Crippen molar-refractivity contribution in [2.24, 2.45) is 5.92 Å². The third-order valence-electron chi connectivity index (χ3n) is 5.09. The van der Waals surface area contributed by atoms with E-state index in [1.54, 1.807) is 11.3 Å². The molecule has 4 rings (SSSR count). The van der Waals surface area contributed by atoms with Gasteiger partial charge in [0.1, 0.15) is 17.4 Å². The Balaban J connectivity index is 1.59. The van der Waals surface area contributed by atoms with Gasteiger partial charge >= 0.3 is 0 Å². The number of benzene rings is 1. The van der Waals surface area contributed by atoms with Crippen LogP contribution in [0.4, 0.5) is 0 Å². The van der Waals surface area contributed by atoms with E-state index in [9.17, 15) is 4.79 Å². The van der Waals surface area contributed by atoms with Gasteiger partial charge in [0.25, 0.3) is 5.56 Å². The number of aromatic amines is 1. The molecule has 3 N–H and O–H groups in total. The first-order valence-corrected chi connectivity index (χ1v) is 9.87. The van der Waals surface area contributed by atoms with Crippen molar-refractivity contribution >= 4 is 21.6 Å². The summed E-state index contributed by atoms with van der Waals surface area (Å²) in [5.74, 6) is 1.28. The molecule has 4 nitrogen and oxygen atoms in total. The Labute approximate surface area is 151 Å². The third kappa shape index (κ3) is 3.14. The Hall–Kier alpha value is -1.98. The van der Waals surface area contributed by atoms with E-state index in [0.717, 1.165) is 28.9 Å². The minimum absolute atomic E-state index is 0.0357. The Bertz CT molecular complexity index is 943. The quantitative estimate of drug-likeness (QED) is 0.740. The first kappa shape index (κ1) is 16.5. The average Bonchev–Trinajstić information content (AvgIpc) is 3.16. The zero-order chi connectivity index (χ0) is 17.4. The van der Waals surface area contributed by atoms with Crippen LogP contribution in [0.2, 0.25) is 0 Å². The molecule has 1 aliphatic rings. The molecule has 0 fully saturated rings. The Kier molecular flexibility index (Phi) is 4.44. The van der Waals surface area contributed by atoms with Crippen LogP contribution in [0.1, 0.15) is 48.1 Å². The lowest BCUT2D eigenvalue weighted by Crippen LogP contribution is -2.85. The summed E-state index contributed by atoms with van der Waals surface area (Å²) in [5, 5.41) is 3.12. The van der Waals surface area contributed by atoms with Crippen LogP contribution in [-0.2, 0) is 19.4 Å². The van der Waals surface area contributed by atoms with Gasteiger partial charge in [0.05, 0.1) is 5.39 Å². The molecule has 2 heterocycles. The minimum Gasteiger partial charge on any atom is -0.334 e. The second-order valence-corrected chi connectivity index (χ2v) is 8.25. The summed E-state index contributed by atoms with van der Waals surface area (Å²) >= 11 is 1.71. The Morgan fingerprint density at radius 1 is 1.24 bits per heavy atom. The Morgan fingerprint density at radius 3 is 2.80 bits per heavy atom. The van der Waals surface area contributed by atoms with Crippen LogP contribution in [0.3, 0.4) is 0 Å². The molecule has 1 aliphatic carbocycles. The van der Waals surface area contributed by atoms with E-state index in [1.165, 1.54) is 22.4 Å². The van der Waals surface area contributed by atoms with E-state index in [2.05, 4.69) is 48.4 Å². The fourth-order valence-electron chi connectivity index (χ4n) is 3.85. The van der Waals surface area contributed by atoms with Crippen molar-refractivity contribution < 1.29 is 5.32 Å². The van der Waals surface area contributed by atoms with Crippen LogP contribution in [-0.4, -0.2) is 9.97 Å². The smallest absolute Gasteiger partial charge is 0.260 e. The molecule has 130 valence electrons. The highest BCUT2D eigenvalue weighted by Gasteiger charge is 2.22. The van der Waals surface area contributed by atoms with Gasteiger partial charge in [-0.15, -0.1) is 11.3 Å². The minimum atomic E-state index is 0.0357. The van der Waals surface area contributed by atoms with Gasteiger partial charge in [-0.2, -0.15) is 0 Å². The number of rotatable bonds is 5. The van der Waals surface area contributed by atoms with E-state index in [1.807, 2.05) is 6.07 Å². The van der Waals surface area contributed by atoms with Crippen LogP contribution in [0, 0.1) is 5.92 Å². The van der Waals surface area contributed by atoms with Gasteiger partial charge in [0.15, 0.2) is 5.82 Å². The Morgan fingerprint density at radius 2 is 2.04 bits per heavy atom. The fraction of sp³-hybridized carbons (Fsp3) is 0.400. The molecule has 0 radical (unpaired) electrons. The fourth-order valence-corrected chi connectivity index (χ4v) is 5.13. The molecule has 0 amide bonds. The number of hydrogen-bond acceptors (Lipinski definition) is 3. The molecule has 2 aromatic heterocycles. The van der Waals surface area contributed by atoms with Crippen molar-refractivity contribution in [1.29, 1.82) is 0 Å². The molecule has 0 saturated heterocycles. The van der Waals surface area contributed by atoms with Crippen LogP contribution in [0.5, 0.6) is 0 Å². The molecule has 0 bridgehead atoms. The summed E-state index contributed by atoms with van der Waals surface area (Å²) in [7, 11) is 0. The molecule has 25 heavy (non-hydrogen) atoms. The number of hydrogen-bond donors (Lipinski definition) is 2. The summed E-state index contributed by atoms with van der Waals surface area (Å²) in [6.45, 7) is 5.15. The van der Waals surface area contributed by atoms with Gasteiger partial charge < -0.3 is 10.3 Å². The van der Waals surface area contributed by atoms with Crippen LogP contribution >= 0.6 is 11.3 Å². The number of nitrogens with one attached hydrogen (secondary N) is 1. The van der Waals surface area contributed by atoms with Crippen LogP contribution < -0.4 is 10.9 Å². The normalized spacial score (nSPS) is 15.0. The molecule has 5 heteroatoms. The highest BCUT2D eigenvalue weighted by Crippen LogP contribution is 2.34. The van der Waals surface area contributed by atoms with E-state index < -0.39 is 0 Å². The monoisotopic (exact) mass is 354 g/mol. The molecular weight excluding hydrogens is 330 g/mol. The van der Waals surface area contributed by atoms with Gasteiger partial charge in [-0.3, -0.25) is 4.79 Å². The number of thiophene rings is 1. The van der Waals surface area contributed by atoms with Gasteiger partial charge in [0.2, 0.25) is 0 Å². The zero-order valence-electron chi connectivity index (χ0n) is 14.7. The van der Waals surface area contributed by atoms with Gasteiger partial charge in [-0.1, -0.05) is 44.2 Å². The second-order valence-electron chi connectivity index (χ2n) is 7.17. The number of nitrogens with two attached hydrogens (primary N) is 1. The SMILES string of the molecule is CC(C)[C@H]([NH2+]Cc1nc2sc3c(c2c(=O)[nH]1)CCC3)c1ccccc1. The summed E-state index contributed by atoms with van der Waals surface area (Å²) in [4.78, 5) is 22.6. The number of aryl methyl sites for hydroxylation is 2. The number of aromatic nitrogens is 2. The summed E-state index contributed by atoms with van der Waals surface area (Å²) in [6.07, 6.45) is 3.29. The van der Waals surface area contributed by atoms with Crippen molar-refractivity contribution in [3.8, 4) is 0 Å². The highest BCUT2D eigenvalue weighted by molar-refractivity contribution is 7.18. The lowest BCUT2D eigenvalue weighted by atomic mass is 9.96. The number of fused-ring (bicyclic) bond motifs is 3. The van der Waals surface area contributed by atoms with Crippen molar-refractivity contribution in [3.05, 3.63) is 62.5 Å². The first-order chi connectivity index (χ1) is 12.1. The van der Waals surface area contributed by atoms with Crippen LogP contribution in [0.25, 0.3) is 10.2 Å². The number of quaternary nitrogens is 1. The van der Waals surface area contributed by atoms with Crippen LogP contribution in [0.15, 0.2) is 35.1 Å². The molecular formula is C20H24N3OS+. The number of nitrogens with zero attached hydrogens (tertiary/aromatic N) is 1. The predicted octanol–water partition coefficient (Wildman–Crippen LogP) is 2.93. The van der Waals surface area contributed by atoms with Crippen molar-refractivity contribution in [3.63, 3.8) is 0 Å². The van der Waals surface area contributed by atoms with Gasteiger partial charge in [-0.05, 0) is 24.8 Å². The first-order valence-electron chi connectivity index (χ1n) is 9.05. The lowest BCUT2D eigenvalue weighted by molar-refractivity contribution is -0.718. The van der Waals surface area contributed by atoms with Gasteiger partial charge in [0, 0.05) is 16.4 Å². The summed E-state index contributed by atoms with van der Waals surface area (Å²) in [6, 6.07) is 10.9. The zero-order valence-corrected chi connectivity index (χ0v) is 15.5. The maximum absolute atomic E-state index is 12.6. The third-order valence-corrected chi connectivity index (χ3v) is 6.28. The molecule has 0 saturated carbocycles. The predicted molar refractivity (Wildman–Crippen MR) is 102 cm³/mol. The topological polar surface area (TPSA) is 62.4 Å². The second kappa shape index (κ2) is 6.73. The molecule has 1 aromatic carbocycles. The molecule has 3 aromatic rings. The maximum Gasteiger partial charge on any atom is 0.260 e. The van der Waals surface area contributed by atoms with E-state index in [-0.39, 0.29) is 5.56 Å². The highest BCUT2D eigenvalue weighted by atomic mass is 32.1. The van der Waals surface area contributed by atoms with E-state index >= 15 is 0 Å². The lowest BCUT2D eigenvalue weighted by Gasteiger charge is -2.19. The maximum atomic E-state index is 12.6. The molecule has 0 unspecified atom stereocenters. The van der Waals surface area contributed by atoms with E-state index in [0.29, 0.717) is 18.5 Å².